The largest absolute Gasteiger partial charge is 0.324 e. The highest BCUT2D eigenvalue weighted by Crippen LogP contribution is 2.29. The SMILES string of the molecule is O=C(Nc1ccc(F)c(-c2nnc3n2CCCCC3)c1)C(c1ccccc1)N1CCS(=O)(=O)CC1. The van der Waals surface area contributed by atoms with Crippen LogP contribution in [0.2, 0.25) is 0 Å². The van der Waals surface area contributed by atoms with Crippen molar-refractivity contribution in [3.8, 4) is 11.4 Å². The number of benzene rings is 2. The van der Waals surface area contributed by atoms with Crippen LogP contribution in [0.15, 0.2) is 48.5 Å². The third-order valence-corrected chi connectivity index (χ3v) is 8.30. The molecule has 1 aromatic heterocycles. The Balaban J connectivity index is 1.43. The maximum Gasteiger partial charge on any atom is 0.246 e. The van der Waals surface area contributed by atoms with Gasteiger partial charge in [0.1, 0.15) is 17.7 Å². The minimum Gasteiger partial charge on any atom is -0.324 e. The van der Waals surface area contributed by atoms with E-state index in [0.717, 1.165) is 43.6 Å². The van der Waals surface area contributed by atoms with Gasteiger partial charge >= 0.3 is 0 Å². The number of halogens is 1. The molecule has 8 nitrogen and oxygen atoms in total. The van der Waals surface area contributed by atoms with Crippen molar-refractivity contribution in [3.05, 3.63) is 65.7 Å². The van der Waals surface area contributed by atoms with E-state index in [2.05, 4.69) is 15.5 Å². The summed E-state index contributed by atoms with van der Waals surface area (Å²) in [4.78, 5) is 15.4. The predicted molar refractivity (Wildman–Crippen MR) is 131 cm³/mol. The number of fused-ring (bicyclic) bond motifs is 1. The van der Waals surface area contributed by atoms with E-state index in [-0.39, 0.29) is 30.5 Å². The fourth-order valence-corrected chi connectivity index (χ4v) is 6.05. The Morgan fingerprint density at radius 1 is 0.971 bits per heavy atom. The number of anilines is 1. The Labute approximate surface area is 204 Å². The van der Waals surface area contributed by atoms with Crippen LogP contribution >= 0.6 is 0 Å². The lowest BCUT2D eigenvalue weighted by Gasteiger charge is -2.33. The van der Waals surface area contributed by atoms with E-state index in [1.54, 1.807) is 6.07 Å². The van der Waals surface area contributed by atoms with Crippen LogP contribution < -0.4 is 5.32 Å². The number of carbonyl (C=O) groups excluding carboxylic acids is 1. The average Bonchev–Trinajstić information content (AvgIpc) is 3.09. The molecule has 0 spiro atoms. The maximum absolute atomic E-state index is 14.9. The lowest BCUT2D eigenvalue weighted by atomic mass is 10.0. The molecule has 2 aromatic carbocycles. The second-order valence-electron chi connectivity index (χ2n) is 9.09. The zero-order valence-electron chi connectivity index (χ0n) is 19.4. The summed E-state index contributed by atoms with van der Waals surface area (Å²) in [7, 11) is -3.09. The number of nitrogens with zero attached hydrogens (tertiary/aromatic N) is 4. The highest BCUT2D eigenvalue weighted by Gasteiger charge is 2.32. The van der Waals surface area contributed by atoms with Crippen LogP contribution in [-0.4, -0.2) is 58.6 Å². The Bertz CT molecular complexity index is 1310. The van der Waals surface area contributed by atoms with Crippen LogP contribution in [0.1, 0.15) is 36.7 Å². The number of rotatable bonds is 5. The van der Waals surface area contributed by atoms with Crippen molar-refractivity contribution in [1.29, 1.82) is 0 Å². The van der Waals surface area contributed by atoms with Gasteiger partial charge in [-0.05, 0) is 36.6 Å². The summed E-state index contributed by atoms with van der Waals surface area (Å²) in [6, 6.07) is 13.1. The molecular formula is C25H28FN5O3S. The van der Waals surface area contributed by atoms with Crippen molar-refractivity contribution in [1.82, 2.24) is 19.7 Å². The first-order valence-electron chi connectivity index (χ1n) is 11.9. The summed E-state index contributed by atoms with van der Waals surface area (Å²) in [5, 5.41) is 11.5. The van der Waals surface area contributed by atoms with Crippen molar-refractivity contribution in [2.24, 2.45) is 0 Å². The van der Waals surface area contributed by atoms with Gasteiger partial charge in [-0.25, -0.2) is 12.8 Å². The second kappa shape index (κ2) is 9.87. The zero-order valence-corrected chi connectivity index (χ0v) is 20.2. The Morgan fingerprint density at radius 2 is 1.74 bits per heavy atom. The van der Waals surface area contributed by atoms with E-state index >= 15 is 0 Å². The highest BCUT2D eigenvalue weighted by atomic mass is 32.2. The fourth-order valence-electron chi connectivity index (χ4n) is 4.82. The van der Waals surface area contributed by atoms with Crippen LogP contribution in [0.25, 0.3) is 11.4 Å². The third kappa shape index (κ3) is 5.13. The summed E-state index contributed by atoms with van der Waals surface area (Å²) in [6.45, 7) is 1.29. The minimum atomic E-state index is -3.09. The smallest absolute Gasteiger partial charge is 0.246 e. The quantitative estimate of drug-likeness (QED) is 0.581. The number of amides is 1. The molecule has 1 saturated heterocycles. The first-order chi connectivity index (χ1) is 16.9. The van der Waals surface area contributed by atoms with Gasteiger partial charge in [-0.15, -0.1) is 10.2 Å². The second-order valence-corrected chi connectivity index (χ2v) is 11.4. The molecular weight excluding hydrogens is 469 g/mol. The van der Waals surface area contributed by atoms with E-state index in [0.29, 0.717) is 17.1 Å². The van der Waals surface area contributed by atoms with E-state index in [1.165, 1.54) is 12.1 Å². The summed E-state index contributed by atoms with van der Waals surface area (Å²) in [6.07, 6.45) is 3.94. The Hall–Kier alpha value is -3.11. The molecule has 1 amide bonds. The van der Waals surface area contributed by atoms with E-state index < -0.39 is 21.7 Å². The molecule has 1 N–H and O–H groups in total. The predicted octanol–water partition coefficient (Wildman–Crippen LogP) is 3.22. The van der Waals surface area contributed by atoms with Gasteiger partial charge in [-0.2, -0.15) is 0 Å². The van der Waals surface area contributed by atoms with Crippen molar-refractivity contribution >= 4 is 21.4 Å². The summed E-state index contributed by atoms with van der Waals surface area (Å²) in [5.74, 6) is 0.633. The van der Waals surface area contributed by atoms with Gasteiger partial charge < -0.3 is 9.88 Å². The van der Waals surface area contributed by atoms with Crippen LogP contribution in [-0.2, 0) is 27.6 Å². The van der Waals surface area contributed by atoms with Gasteiger partial charge in [0, 0.05) is 31.7 Å². The normalized spacial score (nSPS) is 18.9. The van der Waals surface area contributed by atoms with E-state index in [4.69, 9.17) is 0 Å². The van der Waals surface area contributed by atoms with Gasteiger partial charge in [0.15, 0.2) is 15.7 Å². The van der Waals surface area contributed by atoms with Crippen LogP contribution in [0, 0.1) is 5.82 Å². The molecule has 3 aromatic rings. The maximum atomic E-state index is 14.9. The molecule has 0 aliphatic carbocycles. The topological polar surface area (TPSA) is 97.2 Å². The number of hydrogen-bond donors (Lipinski definition) is 1. The van der Waals surface area contributed by atoms with Crippen molar-refractivity contribution < 1.29 is 17.6 Å². The number of aromatic nitrogens is 3. The molecule has 3 heterocycles. The number of sulfone groups is 1. The molecule has 0 saturated carbocycles. The van der Waals surface area contributed by atoms with Gasteiger partial charge in [0.25, 0.3) is 0 Å². The number of carbonyl (C=O) groups is 1. The lowest BCUT2D eigenvalue weighted by molar-refractivity contribution is -0.121. The third-order valence-electron chi connectivity index (χ3n) is 6.69. The number of nitrogens with one attached hydrogen (secondary N) is 1. The van der Waals surface area contributed by atoms with E-state index in [1.807, 2.05) is 39.8 Å². The molecule has 0 bridgehead atoms. The average molecular weight is 498 g/mol. The molecule has 2 aliphatic heterocycles. The summed E-state index contributed by atoms with van der Waals surface area (Å²) < 4.78 is 40.7. The highest BCUT2D eigenvalue weighted by molar-refractivity contribution is 7.91. The van der Waals surface area contributed by atoms with Gasteiger partial charge in [-0.3, -0.25) is 9.69 Å². The summed E-state index contributed by atoms with van der Waals surface area (Å²) >= 11 is 0. The minimum absolute atomic E-state index is 0.0162. The van der Waals surface area contributed by atoms with Crippen LogP contribution in [0.4, 0.5) is 10.1 Å². The molecule has 1 fully saturated rings. The van der Waals surface area contributed by atoms with Gasteiger partial charge in [-0.1, -0.05) is 36.8 Å². The summed E-state index contributed by atoms with van der Waals surface area (Å²) in [5.41, 5.74) is 1.51. The first-order valence-corrected chi connectivity index (χ1v) is 13.8. The van der Waals surface area contributed by atoms with Crippen molar-refractivity contribution in [3.63, 3.8) is 0 Å². The zero-order chi connectivity index (χ0) is 24.4. The van der Waals surface area contributed by atoms with Gasteiger partial charge in [0.2, 0.25) is 5.91 Å². The molecule has 1 atom stereocenters. The molecule has 2 aliphatic rings. The molecule has 10 heteroatoms. The van der Waals surface area contributed by atoms with Crippen LogP contribution in [0.5, 0.6) is 0 Å². The van der Waals surface area contributed by atoms with Gasteiger partial charge in [0.05, 0.1) is 17.1 Å². The standard InChI is InChI=1S/C25H28FN5O3S/c26-21-11-10-19(17-20(21)24-29-28-22-9-5-2-6-12-31(22)24)27-25(32)23(18-7-3-1-4-8-18)30-13-15-35(33,34)16-14-30/h1,3-4,7-8,10-11,17,23H,2,5-6,9,12-16H2,(H,27,32). The Morgan fingerprint density at radius 3 is 2.51 bits per heavy atom. The number of aryl methyl sites for hydroxylation is 1. The van der Waals surface area contributed by atoms with Crippen molar-refractivity contribution in [2.75, 3.05) is 29.9 Å². The molecule has 5 rings (SSSR count). The molecule has 184 valence electrons. The molecule has 35 heavy (non-hydrogen) atoms. The molecule has 0 radical (unpaired) electrons. The molecule has 1 unspecified atom stereocenters. The first kappa shape index (κ1) is 23.6. The van der Waals surface area contributed by atoms with Crippen molar-refractivity contribution in [2.45, 2.75) is 38.3 Å². The van der Waals surface area contributed by atoms with Crippen LogP contribution in [0.3, 0.4) is 0 Å². The van der Waals surface area contributed by atoms with E-state index in [9.17, 15) is 17.6 Å². The fraction of sp³-hybridized carbons (Fsp3) is 0.400. The number of hydrogen-bond acceptors (Lipinski definition) is 6. The Kier molecular flexibility index (Phi) is 6.66. The monoisotopic (exact) mass is 497 g/mol. The lowest BCUT2D eigenvalue weighted by Crippen LogP contribution is -2.46.